The summed E-state index contributed by atoms with van der Waals surface area (Å²) in [7, 11) is 1.44. The summed E-state index contributed by atoms with van der Waals surface area (Å²) in [5.41, 5.74) is 5.50. The van der Waals surface area contributed by atoms with E-state index in [9.17, 15) is 55.1 Å². The van der Waals surface area contributed by atoms with Gasteiger partial charge in [0.2, 0.25) is 23.6 Å². The fourth-order valence-electron chi connectivity index (χ4n) is 6.96. The summed E-state index contributed by atoms with van der Waals surface area (Å²) in [5.74, 6) is -4.29. The smallest absolute Gasteiger partial charge is 0.322 e. The first-order valence-electron chi connectivity index (χ1n) is 17.9. The summed E-state index contributed by atoms with van der Waals surface area (Å²) in [5, 5.41) is 5.77. The number of likely N-dealkylation sites (tertiary alicyclic amines) is 1. The Morgan fingerprint density at radius 2 is 0.845 bits per heavy atom. The molecule has 1 saturated carbocycles. The zero-order chi connectivity index (χ0) is 42.7. The van der Waals surface area contributed by atoms with Crippen LogP contribution in [0.1, 0.15) is 53.0 Å². The summed E-state index contributed by atoms with van der Waals surface area (Å²) in [6.45, 7) is 2.34. The highest BCUT2D eigenvalue weighted by Crippen LogP contribution is 2.48. The molecule has 2 N–H and O–H groups in total. The number of fused-ring (bicyclic) bond motifs is 2. The van der Waals surface area contributed by atoms with Gasteiger partial charge in [-0.15, -0.1) is 0 Å². The largest absolute Gasteiger partial charge is 0.386 e. The van der Waals surface area contributed by atoms with E-state index in [0.29, 0.717) is 28.2 Å². The minimum Gasteiger partial charge on any atom is -0.322 e. The standard InChI is InChI=1S/C38H32N4O6.2C2H3F3/c1-21-3-5-24(6-4-21)33(43)39-26-13-7-22(8-14-26)23-9-15-27(16-10-23)40-34(44)25-11-17-28(18-12-25)42-37(47)31-19-29-30(20-32(31)38(42)48)36(46)41(2)35(29)45;2*1-2(3,4)5/h3-18,29-32H,19-20H2,1-2H3,(H,39,43)(H,40,44);2*1H3. The number of imide groups is 2. The molecule has 7 rings (SSSR count). The highest BCUT2D eigenvalue weighted by molar-refractivity contribution is 6.23. The molecule has 16 heteroatoms. The highest BCUT2D eigenvalue weighted by Gasteiger charge is 2.59. The molecule has 10 nitrogen and oxygen atoms in total. The number of aryl methyl sites for hydroxylation is 1. The second kappa shape index (κ2) is 17.0. The Balaban J connectivity index is 0.000000574. The van der Waals surface area contributed by atoms with Crippen molar-refractivity contribution in [2.75, 3.05) is 22.6 Å². The molecule has 0 bridgehead atoms. The number of hydrogen-bond donors (Lipinski definition) is 2. The van der Waals surface area contributed by atoms with Crippen LogP contribution in [0, 0.1) is 30.6 Å². The van der Waals surface area contributed by atoms with E-state index in [4.69, 9.17) is 0 Å². The van der Waals surface area contributed by atoms with Crippen LogP contribution in [0.5, 0.6) is 0 Å². The van der Waals surface area contributed by atoms with Crippen molar-refractivity contribution in [2.24, 2.45) is 23.7 Å². The van der Waals surface area contributed by atoms with Crippen LogP contribution in [0.15, 0.2) is 97.1 Å². The summed E-state index contributed by atoms with van der Waals surface area (Å²) in [6.07, 6.45) is -7.63. The van der Waals surface area contributed by atoms with Gasteiger partial charge >= 0.3 is 12.4 Å². The molecule has 4 aromatic carbocycles. The van der Waals surface area contributed by atoms with Gasteiger partial charge in [0.25, 0.3) is 11.8 Å². The molecule has 0 aromatic heterocycles. The Labute approximate surface area is 329 Å². The summed E-state index contributed by atoms with van der Waals surface area (Å²) >= 11 is 0. The number of carbonyl (C=O) groups excluding carboxylic acids is 6. The number of alkyl halides is 6. The van der Waals surface area contributed by atoms with Crippen molar-refractivity contribution in [3.8, 4) is 11.1 Å². The zero-order valence-corrected chi connectivity index (χ0v) is 31.6. The van der Waals surface area contributed by atoms with Gasteiger partial charge in [0.1, 0.15) is 0 Å². The quantitative estimate of drug-likeness (QED) is 0.149. The van der Waals surface area contributed by atoms with Gasteiger partial charge in [-0.05, 0) is 91.6 Å². The van der Waals surface area contributed by atoms with E-state index in [1.54, 1.807) is 48.5 Å². The fraction of sp³-hybridized carbons (Fsp3) is 0.286. The Hall–Kier alpha value is -6.32. The minimum absolute atomic E-state index is 0.180. The first-order valence-corrected chi connectivity index (χ1v) is 17.9. The second-order valence-electron chi connectivity index (χ2n) is 14.2. The Morgan fingerprint density at radius 1 is 0.534 bits per heavy atom. The molecule has 4 unspecified atom stereocenters. The van der Waals surface area contributed by atoms with Crippen LogP contribution in [-0.2, 0) is 19.2 Å². The van der Waals surface area contributed by atoms with E-state index in [1.807, 2.05) is 55.5 Å². The van der Waals surface area contributed by atoms with Crippen LogP contribution in [0.4, 0.5) is 43.4 Å². The molecule has 2 saturated heterocycles. The van der Waals surface area contributed by atoms with Crippen molar-refractivity contribution in [2.45, 2.75) is 46.0 Å². The van der Waals surface area contributed by atoms with Crippen LogP contribution in [0.2, 0.25) is 0 Å². The maximum Gasteiger partial charge on any atom is 0.386 e. The first kappa shape index (κ1) is 42.8. The lowest BCUT2D eigenvalue weighted by atomic mass is 9.70. The third kappa shape index (κ3) is 10.5. The molecule has 3 fully saturated rings. The van der Waals surface area contributed by atoms with Gasteiger partial charge in [0, 0.05) is 43.4 Å². The van der Waals surface area contributed by atoms with E-state index in [-0.39, 0.29) is 62.1 Å². The van der Waals surface area contributed by atoms with Crippen molar-refractivity contribution in [1.82, 2.24) is 4.90 Å². The number of nitrogens with one attached hydrogen (secondary N) is 2. The summed E-state index contributed by atoms with van der Waals surface area (Å²) < 4.78 is 62.1. The van der Waals surface area contributed by atoms with Crippen LogP contribution >= 0.6 is 0 Å². The topological polar surface area (TPSA) is 133 Å². The van der Waals surface area contributed by atoms with Crippen molar-refractivity contribution < 1.29 is 55.1 Å². The number of nitrogens with zero attached hydrogens (tertiary/aromatic N) is 2. The van der Waals surface area contributed by atoms with Gasteiger partial charge < -0.3 is 10.6 Å². The summed E-state index contributed by atoms with van der Waals surface area (Å²) in [6, 6.07) is 28.4. The molecule has 304 valence electrons. The molecule has 2 heterocycles. The van der Waals surface area contributed by atoms with Crippen LogP contribution in [0.3, 0.4) is 0 Å². The molecule has 2 aliphatic heterocycles. The molecule has 0 spiro atoms. The highest BCUT2D eigenvalue weighted by atomic mass is 19.4. The molecule has 1 aliphatic carbocycles. The van der Waals surface area contributed by atoms with Crippen LogP contribution in [-0.4, -0.2) is 59.7 Å². The number of hydrogen-bond acceptors (Lipinski definition) is 6. The van der Waals surface area contributed by atoms with Crippen molar-refractivity contribution in [3.63, 3.8) is 0 Å². The first-order chi connectivity index (χ1) is 27.1. The molecule has 6 amide bonds. The number of anilines is 3. The molecule has 4 atom stereocenters. The van der Waals surface area contributed by atoms with Gasteiger partial charge in [-0.1, -0.05) is 42.0 Å². The number of halogens is 6. The zero-order valence-electron chi connectivity index (χ0n) is 31.6. The normalized spacial score (nSPS) is 20.0. The molecule has 58 heavy (non-hydrogen) atoms. The minimum atomic E-state index is -4.00. The van der Waals surface area contributed by atoms with E-state index in [2.05, 4.69) is 10.6 Å². The van der Waals surface area contributed by atoms with Crippen LogP contribution in [0.25, 0.3) is 11.1 Å². The Morgan fingerprint density at radius 3 is 1.19 bits per heavy atom. The molecule has 4 aromatic rings. The lowest BCUT2D eigenvalue weighted by Crippen LogP contribution is -2.35. The van der Waals surface area contributed by atoms with Crippen LogP contribution < -0.4 is 15.5 Å². The number of carbonyl (C=O) groups is 6. The van der Waals surface area contributed by atoms with E-state index in [1.165, 1.54) is 7.05 Å². The number of benzene rings is 4. The van der Waals surface area contributed by atoms with Gasteiger partial charge in [-0.2, -0.15) is 26.3 Å². The maximum absolute atomic E-state index is 13.3. The lowest BCUT2D eigenvalue weighted by molar-refractivity contribution is -0.138. The van der Waals surface area contributed by atoms with Crippen molar-refractivity contribution >= 4 is 52.5 Å². The van der Waals surface area contributed by atoms with E-state index in [0.717, 1.165) is 26.5 Å². The van der Waals surface area contributed by atoms with Crippen molar-refractivity contribution in [1.29, 1.82) is 0 Å². The Kier molecular flexibility index (Phi) is 12.6. The molecular weight excluding hydrogens is 770 g/mol. The van der Waals surface area contributed by atoms with Crippen molar-refractivity contribution in [3.05, 3.63) is 114 Å². The predicted molar refractivity (Wildman–Crippen MR) is 202 cm³/mol. The van der Waals surface area contributed by atoms with Gasteiger partial charge in [0.05, 0.1) is 29.4 Å². The lowest BCUT2D eigenvalue weighted by Gasteiger charge is -2.28. The van der Waals surface area contributed by atoms with E-state index < -0.39 is 36.0 Å². The second-order valence-corrected chi connectivity index (χ2v) is 14.2. The molecule has 0 radical (unpaired) electrons. The molecular formula is C42H38F6N4O6. The van der Waals surface area contributed by atoms with Gasteiger partial charge in [-0.3, -0.25) is 38.6 Å². The SMILES string of the molecule is CC(F)(F)F.CC(F)(F)F.Cc1ccc(C(=O)Nc2ccc(-c3ccc(NC(=O)c4ccc(N5C(=O)C6CC7C(=O)N(C)C(=O)C7CC6C5=O)cc4)cc3)cc2)cc1. The summed E-state index contributed by atoms with van der Waals surface area (Å²) in [4.78, 5) is 79.5. The maximum atomic E-state index is 13.3. The predicted octanol–water partition coefficient (Wildman–Crippen LogP) is 8.43. The van der Waals surface area contributed by atoms with Gasteiger partial charge in [-0.25, -0.2) is 0 Å². The fourth-order valence-corrected chi connectivity index (χ4v) is 6.96. The van der Waals surface area contributed by atoms with E-state index >= 15 is 0 Å². The average molecular weight is 809 g/mol. The monoisotopic (exact) mass is 808 g/mol. The average Bonchev–Trinajstić information content (AvgIpc) is 3.52. The Bertz CT molecular complexity index is 2120. The molecule has 3 aliphatic rings. The van der Waals surface area contributed by atoms with Gasteiger partial charge in [0.15, 0.2) is 0 Å². The third-order valence-electron chi connectivity index (χ3n) is 9.68. The number of rotatable bonds is 6. The third-order valence-corrected chi connectivity index (χ3v) is 9.68. The number of amides is 6.